The number of aromatic nitrogens is 2. The number of allylic oxidation sites excluding steroid dienone is 1. The van der Waals surface area contributed by atoms with Crippen molar-refractivity contribution in [2.45, 2.75) is 12.8 Å². The zero-order chi connectivity index (χ0) is 26.0. The van der Waals surface area contributed by atoms with E-state index < -0.39 is 17.9 Å². The van der Waals surface area contributed by atoms with Crippen molar-refractivity contribution in [1.82, 2.24) is 9.78 Å². The second kappa shape index (κ2) is 9.98. The van der Waals surface area contributed by atoms with Crippen LogP contribution in [-0.4, -0.2) is 35.9 Å². The first kappa shape index (κ1) is 24.6. The third kappa shape index (κ3) is 4.19. The number of carbonyl (C=O) groups excluding carboxylic acids is 2. The fourth-order valence-electron chi connectivity index (χ4n) is 4.18. The van der Waals surface area contributed by atoms with Gasteiger partial charge in [0.25, 0.3) is 0 Å². The van der Waals surface area contributed by atoms with Gasteiger partial charge in [0.1, 0.15) is 11.5 Å². The molecule has 182 valence electrons. The monoisotopic (exact) mass is 503 g/mol. The molecule has 1 aromatic heterocycles. The topological polar surface area (TPSA) is 123 Å². The maximum atomic E-state index is 13.3. The molecule has 10 heteroatoms. The van der Waals surface area contributed by atoms with E-state index in [4.69, 9.17) is 26.8 Å². The highest BCUT2D eigenvalue weighted by Crippen LogP contribution is 2.44. The zero-order valence-electron chi connectivity index (χ0n) is 19.7. The molecule has 2 heterocycles. The van der Waals surface area contributed by atoms with Gasteiger partial charge in [-0.1, -0.05) is 41.9 Å². The second-order valence-electron chi connectivity index (χ2n) is 7.93. The summed E-state index contributed by atoms with van der Waals surface area (Å²) < 4.78 is 11.7. The molecule has 1 atom stereocenters. The van der Waals surface area contributed by atoms with E-state index in [2.05, 4.69) is 11.2 Å². The van der Waals surface area contributed by atoms with E-state index in [0.717, 1.165) is 5.56 Å². The molecule has 2 aromatic carbocycles. The molecule has 0 fully saturated rings. The van der Waals surface area contributed by atoms with Gasteiger partial charge < -0.3 is 15.2 Å². The number of halogens is 1. The van der Waals surface area contributed by atoms with Gasteiger partial charge in [-0.05, 0) is 36.2 Å². The molecule has 4 rings (SSSR count). The summed E-state index contributed by atoms with van der Waals surface area (Å²) in [6, 6.07) is 15.8. The van der Waals surface area contributed by atoms with Gasteiger partial charge in [-0.2, -0.15) is 10.4 Å². The van der Waals surface area contributed by atoms with Crippen LogP contribution in [0.15, 0.2) is 83.6 Å². The summed E-state index contributed by atoms with van der Waals surface area (Å²) >= 11 is 6.36. The van der Waals surface area contributed by atoms with E-state index >= 15 is 0 Å². The number of benzene rings is 2. The molecule has 0 radical (unpaired) electrons. The molecular weight excluding hydrogens is 482 g/mol. The number of rotatable bonds is 5. The Kier molecular flexibility index (Phi) is 6.81. The van der Waals surface area contributed by atoms with Crippen molar-refractivity contribution in [2.75, 3.05) is 19.1 Å². The van der Waals surface area contributed by atoms with Gasteiger partial charge in [0.15, 0.2) is 0 Å². The predicted molar refractivity (Wildman–Crippen MR) is 133 cm³/mol. The Hall–Kier alpha value is -4.55. The summed E-state index contributed by atoms with van der Waals surface area (Å²) in [4.78, 5) is 27.8. The summed E-state index contributed by atoms with van der Waals surface area (Å²) in [6.07, 6.45) is 3.44. The van der Waals surface area contributed by atoms with Crippen molar-refractivity contribution < 1.29 is 19.1 Å². The molecule has 1 aliphatic heterocycles. The Labute approximate surface area is 212 Å². The van der Waals surface area contributed by atoms with Crippen LogP contribution >= 0.6 is 11.6 Å². The first-order chi connectivity index (χ1) is 17.3. The molecule has 36 heavy (non-hydrogen) atoms. The fourth-order valence-corrected chi connectivity index (χ4v) is 4.34. The van der Waals surface area contributed by atoms with E-state index in [-0.39, 0.29) is 22.7 Å². The fraction of sp³-hybridized carbons (Fsp3) is 0.154. The number of hydrogen-bond acceptors (Lipinski definition) is 8. The largest absolute Gasteiger partial charge is 0.466 e. The van der Waals surface area contributed by atoms with Crippen LogP contribution in [0.3, 0.4) is 0 Å². The molecular formula is C26H22ClN5O4. The normalized spacial score (nSPS) is 15.5. The SMILES string of the molecule is COC(=O)C1=C(C(=O)OC)N(c2cc(Cl)ccc2-n2cc(C)cn2)C(N)=C(C#N)C1c1ccccc1. The highest BCUT2D eigenvalue weighted by molar-refractivity contribution is 6.31. The van der Waals surface area contributed by atoms with Gasteiger partial charge in [0, 0.05) is 11.2 Å². The average Bonchev–Trinajstić information content (AvgIpc) is 3.33. The van der Waals surface area contributed by atoms with Crippen molar-refractivity contribution in [3.8, 4) is 11.8 Å². The quantitative estimate of drug-likeness (QED) is 0.522. The highest BCUT2D eigenvalue weighted by atomic mass is 35.5. The number of nitrogens with two attached hydrogens (primary N) is 1. The summed E-state index contributed by atoms with van der Waals surface area (Å²) in [6.45, 7) is 1.88. The molecule has 1 unspecified atom stereocenters. The Morgan fingerprint density at radius 2 is 1.78 bits per heavy atom. The zero-order valence-corrected chi connectivity index (χ0v) is 20.5. The smallest absolute Gasteiger partial charge is 0.355 e. The Morgan fingerprint density at radius 1 is 1.08 bits per heavy atom. The van der Waals surface area contributed by atoms with E-state index in [1.165, 1.54) is 19.1 Å². The van der Waals surface area contributed by atoms with E-state index in [1.807, 2.05) is 6.92 Å². The lowest BCUT2D eigenvalue weighted by molar-refractivity contribution is -0.139. The van der Waals surface area contributed by atoms with Crippen LogP contribution in [0.25, 0.3) is 5.69 Å². The van der Waals surface area contributed by atoms with Gasteiger partial charge in [0.05, 0.1) is 54.9 Å². The molecule has 2 N–H and O–H groups in total. The van der Waals surface area contributed by atoms with Crippen LogP contribution in [0.2, 0.25) is 5.02 Å². The number of nitriles is 1. The van der Waals surface area contributed by atoms with Crippen LogP contribution < -0.4 is 10.6 Å². The molecule has 0 aliphatic carbocycles. The van der Waals surface area contributed by atoms with E-state index in [9.17, 15) is 14.9 Å². The Bertz CT molecular complexity index is 1450. The number of aryl methyl sites for hydroxylation is 1. The number of carbonyl (C=O) groups is 2. The number of esters is 2. The molecule has 0 saturated heterocycles. The number of ether oxygens (including phenoxy) is 2. The van der Waals surface area contributed by atoms with Gasteiger partial charge in [-0.15, -0.1) is 0 Å². The molecule has 0 spiro atoms. The number of hydrogen-bond donors (Lipinski definition) is 1. The van der Waals surface area contributed by atoms with Gasteiger partial charge in [-0.3, -0.25) is 4.90 Å². The molecule has 0 amide bonds. The minimum Gasteiger partial charge on any atom is -0.466 e. The number of anilines is 1. The third-order valence-electron chi connectivity index (χ3n) is 5.75. The van der Waals surface area contributed by atoms with Crippen molar-refractivity contribution in [2.24, 2.45) is 5.73 Å². The Balaban J connectivity index is 2.11. The van der Waals surface area contributed by atoms with Crippen LogP contribution in [0.4, 0.5) is 5.69 Å². The van der Waals surface area contributed by atoms with Gasteiger partial charge in [-0.25, -0.2) is 14.3 Å². The standard InChI is InChI=1S/C26H22ClN5O4/c1-15-13-30-31(14-15)19-10-9-17(27)11-20(19)32-23(26(34)36-3)22(25(33)35-2)21(18(12-28)24(32)29)16-7-5-4-6-8-16/h4-11,13-14,21H,29H2,1-3H3. The minimum absolute atomic E-state index is 0.0526. The van der Waals surface area contributed by atoms with Crippen molar-refractivity contribution in [3.05, 3.63) is 99.7 Å². The molecule has 3 aromatic rings. The molecule has 9 nitrogen and oxygen atoms in total. The van der Waals surface area contributed by atoms with E-state index in [1.54, 1.807) is 65.6 Å². The van der Waals surface area contributed by atoms with Gasteiger partial charge in [0.2, 0.25) is 0 Å². The molecule has 0 bridgehead atoms. The molecule has 0 saturated carbocycles. The van der Waals surface area contributed by atoms with Crippen molar-refractivity contribution >= 4 is 29.2 Å². The summed E-state index contributed by atoms with van der Waals surface area (Å²) in [5.74, 6) is -2.69. The second-order valence-corrected chi connectivity index (χ2v) is 8.37. The lowest BCUT2D eigenvalue weighted by Crippen LogP contribution is -2.41. The first-order valence-electron chi connectivity index (χ1n) is 10.8. The van der Waals surface area contributed by atoms with Crippen molar-refractivity contribution in [1.29, 1.82) is 5.26 Å². The maximum Gasteiger partial charge on any atom is 0.355 e. The summed E-state index contributed by atoms with van der Waals surface area (Å²) in [5, 5.41) is 14.9. The predicted octanol–water partition coefficient (Wildman–Crippen LogP) is 3.73. The summed E-state index contributed by atoms with van der Waals surface area (Å²) in [7, 11) is 2.39. The number of methoxy groups -OCH3 is 2. The lowest BCUT2D eigenvalue weighted by Gasteiger charge is -2.36. The van der Waals surface area contributed by atoms with Crippen LogP contribution in [0.5, 0.6) is 0 Å². The lowest BCUT2D eigenvalue weighted by atomic mass is 9.81. The Morgan fingerprint density at radius 3 is 2.36 bits per heavy atom. The molecule has 1 aliphatic rings. The van der Waals surface area contributed by atoms with Crippen LogP contribution in [-0.2, 0) is 19.1 Å². The maximum absolute atomic E-state index is 13.3. The number of nitrogens with zero attached hydrogens (tertiary/aromatic N) is 4. The van der Waals surface area contributed by atoms with Gasteiger partial charge >= 0.3 is 11.9 Å². The third-order valence-corrected chi connectivity index (χ3v) is 5.98. The average molecular weight is 504 g/mol. The van der Waals surface area contributed by atoms with E-state index in [0.29, 0.717) is 22.0 Å². The summed E-state index contributed by atoms with van der Waals surface area (Å²) in [5.41, 5.74) is 8.64. The van der Waals surface area contributed by atoms with Crippen LogP contribution in [0.1, 0.15) is 17.0 Å². The van der Waals surface area contributed by atoms with Crippen LogP contribution in [0, 0.1) is 18.3 Å². The highest BCUT2D eigenvalue weighted by Gasteiger charge is 2.43. The minimum atomic E-state index is -0.969. The van der Waals surface area contributed by atoms with Crippen molar-refractivity contribution in [3.63, 3.8) is 0 Å². The first-order valence-corrected chi connectivity index (χ1v) is 11.2.